The third-order valence-electron chi connectivity index (χ3n) is 6.52. The topological polar surface area (TPSA) is 54.0 Å². The Morgan fingerprint density at radius 1 is 1.25 bits per heavy atom. The lowest BCUT2D eigenvalue weighted by atomic mass is 9.94. The van der Waals surface area contributed by atoms with Crippen LogP contribution in [0.5, 0.6) is 0 Å². The van der Waals surface area contributed by atoms with Crippen molar-refractivity contribution in [2.45, 2.75) is 122 Å². The van der Waals surface area contributed by atoms with Crippen molar-refractivity contribution < 1.29 is 23.4 Å². The molecule has 0 radical (unpaired) electrons. The maximum absolute atomic E-state index is 11.7. The highest BCUT2D eigenvalue weighted by Gasteiger charge is 2.54. The smallest absolute Gasteiger partial charge is 0.305 e. The van der Waals surface area contributed by atoms with E-state index in [4.69, 9.17) is 18.6 Å². The first-order valence-corrected chi connectivity index (χ1v) is 13.7. The predicted molar refractivity (Wildman–Crippen MR) is 114 cm³/mol. The van der Waals surface area contributed by atoms with E-state index in [2.05, 4.69) is 40.8 Å². The first-order valence-electron chi connectivity index (χ1n) is 10.8. The van der Waals surface area contributed by atoms with Crippen LogP contribution in [0, 0.1) is 5.92 Å². The van der Waals surface area contributed by atoms with Crippen molar-refractivity contribution in [2.75, 3.05) is 7.11 Å². The molecular formula is C22H42O5Si. The molecule has 3 atom stereocenters. The van der Waals surface area contributed by atoms with Crippen LogP contribution in [0.15, 0.2) is 0 Å². The van der Waals surface area contributed by atoms with Crippen LogP contribution < -0.4 is 0 Å². The molecule has 5 nitrogen and oxygen atoms in total. The minimum atomic E-state index is -1.93. The molecule has 164 valence electrons. The molecule has 1 aliphatic carbocycles. The molecule has 0 N–H and O–H groups in total. The summed E-state index contributed by atoms with van der Waals surface area (Å²) in [6.07, 6.45) is 5.53. The van der Waals surface area contributed by atoms with Crippen molar-refractivity contribution in [2.24, 2.45) is 5.92 Å². The first-order chi connectivity index (χ1) is 12.7. The Kier molecular flexibility index (Phi) is 7.12. The molecule has 0 aromatic heterocycles. The summed E-state index contributed by atoms with van der Waals surface area (Å²) < 4.78 is 24.1. The number of rotatable bonds is 8. The van der Waals surface area contributed by atoms with E-state index in [-0.39, 0.29) is 34.7 Å². The zero-order valence-corrected chi connectivity index (χ0v) is 20.5. The lowest BCUT2D eigenvalue weighted by Crippen LogP contribution is -2.49. The summed E-state index contributed by atoms with van der Waals surface area (Å²) in [6.45, 7) is 17.5. The molecule has 28 heavy (non-hydrogen) atoms. The molecule has 2 fully saturated rings. The fourth-order valence-corrected chi connectivity index (χ4v) is 5.38. The molecule has 0 bridgehead atoms. The SMILES string of the molecule is COC(=O)C[C@H](C)C[C@H](C[C@@H]1CC2(CC2)OC(C)(C)O1)O[Si](C)(C)C(C)(C)C. The normalized spacial score (nSPS) is 26.0. The summed E-state index contributed by atoms with van der Waals surface area (Å²) in [4.78, 5) is 11.7. The van der Waals surface area contributed by atoms with Gasteiger partial charge in [-0.15, -0.1) is 0 Å². The largest absolute Gasteiger partial charge is 0.469 e. The third kappa shape index (κ3) is 6.54. The van der Waals surface area contributed by atoms with Gasteiger partial charge in [0, 0.05) is 18.9 Å². The number of hydrogen-bond acceptors (Lipinski definition) is 5. The quantitative estimate of drug-likeness (QED) is 0.391. The molecule has 1 saturated heterocycles. The number of hydrogen-bond donors (Lipinski definition) is 0. The molecule has 1 spiro atoms. The average Bonchev–Trinajstić information content (AvgIpc) is 3.21. The van der Waals surface area contributed by atoms with Crippen LogP contribution in [0.1, 0.15) is 80.1 Å². The summed E-state index contributed by atoms with van der Waals surface area (Å²) in [7, 11) is -0.476. The predicted octanol–water partition coefficient (Wildman–Crippen LogP) is 5.43. The van der Waals surface area contributed by atoms with Gasteiger partial charge in [0.1, 0.15) is 0 Å². The fourth-order valence-electron chi connectivity index (χ4n) is 4.00. The van der Waals surface area contributed by atoms with E-state index in [0.29, 0.717) is 6.42 Å². The van der Waals surface area contributed by atoms with Gasteiger partial charge in [-0.1, -0.05) is 27.7 Å². The van der Waals surface area contributed by atoms with Crippen LogP contribution in [0.4, 0.5) is 0 Å². The Labute approximate surface area is 173 Å². The second-order valence-corrected chi connectivity index (χ2v) is 15.7. The van der Waals surface area contributed by atoms with Crippen LogP contribution in [0.2, 0.25) is 18.1 Å². The van der Waals surface area contributed by atoms with Gasteiger partial charge in [0.25, 0.3) is 0 Å². The first kappa shape index (κ1) is 23.8. The average molecular weight is 415 g/mol. The van der Waals surface area contributed by atoms with Crippen LogP contribution >= 0.6 is 0 Å². The van der Waals surface area contributed by atoms with Crippen molar-refractivity contribution in [1.29, 1.82) is 0 Å². The van der Waals surface area contributed by atoms with Crippen molar-refractivity contribution in [3.63, 3.8) is 0 Å². The van der Waals surface area contributed by atoms with Gasteiger partial charge in [-0.25, -0.2) is 0 Å². The molecule has 1 aliphatic heterocycles. The van der Waals surface area contributed by atoms with Crippen LogP contribution in [0.25, 0.3) is 0 Å². The zero-order chi connectivity index (χ0) is 21.4. The van der Waals surface area contributed by atoms with E-state index >= 15 is 0 Å². The van der Waals surface area contributed by atoms with Gasteiger partial charge in [0.05, 0.1) is 18.8 Å². The van der Waals surface area contributed by atoms with Crippen molar-refractivity contribution >= 4 is 14.3 Å². The summed E-state index contributed by atoms with van der Waals surface area (Å²) in [5.74, 6) is -0.484. The Hall–Kier alpha value is -0.433. The van der Waals surface area contributed by atoms with Crippen LogP contribution in [-0.2, 0) is 23.4 Å². The van der Waals surface area contributed by atoms with Gasteiger partial charge in [-0.2, -0.15) is 0 Å². The third-order valence-corrected chi connectivity index (χ3v) is 11.1. The maximum atomic E-state index is 11.7. The molecule has 1 heterocycles. The number of esters is 1. The van der Waals surface area contributed by atoms with E-state index in [1.807, 2.05) is 13.8 Å². The number of carbonyl (C=O) groups excluding carboxylic acids is 1. The van der Waals surface area contributed by atoms with E-state index in [9.17, 15) is 4.79 Å². The standard InChI is InChI=1S/C22H42O5Si/c1-16(13-19(23)24-7)12-17(26-28(8,9)20(2,3)4)14-18-15-22(10-11-22)27-21(5,6)25-18/h16-18H,10-15H2,1-9H3/t16-,17-,18-/m1/s1. The van der Waals surface area contributed by atoms with E-state index in [1.165, 1.54) is 7.11 Å². The second kappa shape index (κ2) is 8.36. The van der Waals surface area contributed by atoms with Gasteiger partial charge in [-0.3, -0.25) is 4.79 Å². The highest BCUT2D eigenvalue weighted by atomic mass is 28.4. The number of ether oxygens (including phenoxy) is 3. The second-order valence-electron chi connectivity index (χ2n) is 11.0. The molecule has 0 unspecified atom stereocenters. The molecule has 2 rings (SSSR count). The van der Waals surface area contributed by atoms with Gasteiger partial charge in [0.15, 0.2) is 14.1 Å². The minimum absolute atomic E-state index is 0.0194. The molecule has 0 amide bonds. The molecule has 1 saturated carbocycles. The summed E-state index contributed by atoms with van der Waals surface area (Å²) in [5.41, 5.74) is 0.0194. The Bertz CT molecular complexity index is 542. The van der Waals surface area contributed by atoms with Crippen molar-refractivity contribution in [1.82, 2.24) is 0 Å². The Morgan fingerprint density at radius 3 is 2.36 bits per heavy atom. The van der Waals surface area contributed by atoms with Crippen LogP contribution in [-0.4, -0.2) is 45.0 Å². The highest BCUT2D eigenvalue weighted by Crippen LogP contribution is 2.51. The summed E-state index contributed by atoms with van der Waals surface area (Å²) in [5, 5.41) is 0.143. The molecule has 2 aliphatic rings. The molecule has 0 aromatic carbocycles. The van der Waals surface area contributed by atoms with Gasteiger partial charge in [0.2, 0.25) is 0 Å². The zero-order valence-electron chi connectivity index (χ0n) is 19.5. The maximum Gasteiger partial charge on any atom is 0.305 e. The Balaban J connectivity index is 2.09. The van der Waals surface area contributed by atoms with E-state index < -0.39 is 14.1 Å². The van der Waals surface area contributed by atoms with E-state index in [0.717, 1.165) is 32.1 Å². The molecule has 0 aromatic rings. The number of methoxy groups -OCH3 is 1. The van der Waals surface area contributed by atoms with Crippen molar-refractivity contribution in [3.8, 4) is 0 Å². The fraction of sp³-hybridized carbons (Fsp3) is 0.955. The van der Waals surface area contributed by atoms with Crippen LogP contribution in [0.3, 0.4) is 0 Å². The minimum Gasteiger partial charge on any atom is -0.469 e. The highest BCUT2D eigenvalue weighted by molar-refractivity contribution is 6.74. The summed E-state index contributed by atoms with van der Waals surface area (Å²) >= 11 is 0. The number of carbonyl (C=O) groups is 1. The van der Waals surface area contributed by atoms with Gasteiger partial charge < -0.3 is 18.6 Å². The lowest BCUT2D eigenvalue weighted by molar-refractivity contribution is -0.311. The van der Waals surface area contributed by atoms with Gasteiger partial charge >= 0.3 is 5.97 Å². The Morgan fingerprint density at radius 2 is 1.86 bits per heavy atom. The lowest BCUT2D eigenvalue weighted by Gasteiger charge is -2.44. The van der Waals surface area contributed by atoms with E-state index in [1.54, 1.807) is 0 Å². The summed E-state index contributed by atoms with van der Waals surface area (Å²) in [6, 6.07) is 0. The van der Waals surface area contributed by atoms with Crippen molar-refractivity contribution in [3.05, 3.63) is 0 Å². The monoisotopic (exact) mass is 414 g/mol. The molecular weight excluding hydrogens is 372 g/mol. The molecule has 6 heteroatoms. The van der Waals surface area contributed by atoms with Gasteiger partial charge in [-0.05, 0) is 63.6 Å².